The van der Waals surface area contributed by atoms with Crippen LogP contribution in [-0.4, -0.2) is 34.9 Å². The van der Waals surface area contributed by atoms with Crippen LogP contribution in [0.15, 0.2) is 51.8 Å². The number of ketones is 1. The third-order valence-corrected chi connectivity index (χ3v) is 5.97. The molecular weight excluding hydrogens is 406 g/mol. The van der Waals surface area contributed by atoms with Gasteiger partial charge in [-0.05, 0) is 37.1 Å². The molecule has 0 aliphatic carbocycles. The van der Waals surface area contributed by atoms with Gasteiger partial charge in [0.15, 0.2) is 16.7 Å². The Bertz CT molecular complexity index is 1200. The maximum atomic E-state index is 13.1. The molecule has 30 heavy (non-hydrogen) atoms. The molecule has 1 N–H and O–H groups in total. The summed E-state index contributed by atoms with van der Waals surface area (Å²) in [5.41, 5.74) is 1.28. The molecule has 0 saturated carbocycles. The highest BCUT2D eigenvalue weighted by Crippen LogP contribution is 2.35. The van der Waals surface area contributed by atoms with E-state index >= 15 is 0 Å². The summed E-state index contributed by atoms with van der Waals surface area (Å²) in [5, 5.41) is 3.83. The van der Waals surface area contributed by atoms with Gasteiger partial charge < -0.3 is 13.6 Å². The number of aromatic nitrogens is 2. The normalized spacial score (nSPS) is 14.8. The molecule has 1 amide bonds. The Morgan fingerprint density at radius 1 is 1.13 bits per heavy atom. The van der Waals surface area contributed by atoms with Crippen molar-refractivity contribution in [2.24, 2.45) is 5.92 Å². The van der Waals surface area contributed by atoms with Crippen LogP contribution in [0, 0.1) is 5.92 Å². The zero-order chi connectivity index (χ0) is 20.5. The minimum atomic E-state index is -0.365. The summed E-state index contributed by atoms with van der Waals surface area (Å²) in [6.45, 7) is 1.14. The van der Waals surface area contributed by atoms with E-state index in [0.29, 0.717) is 58.8 Å². The standard InChI is InChI=1S/C21H17N3O5S/c25-17(12-3-7-27-8-4-12)18-16(15-2-1-6-28-15)23-21(30-18)24-19(26)14-10-13-5-9-29-20(13)22-11-14/h1-2,5-6,9-12H,3-4,7-8H2,(H,23,24,26). The summed E-state index contributed by atoms with van der Waals surface area (Å²) in [4.78, 5) is 35.0. The summed E-state index contributed by atoms with van der Waals surface area (Å²) >= 11 is 1.16. The van der Waals surface area contributed by atoms with Crippen LogP contribution in [0.2, 0.25) is 0 Å². The third-order valence-electron chi connectivity index (χ3n) is 4.99. The van der Waals surface area contributed by atoms with Crippen molar-refractivity contribution < 1.29 is 23.2 Å². The third kappa shape index (κ3) is 3.53. The molecule has 0 aromatic carbocycles. The Morgan fingerprint density at radius 2 is 2.00 bits per heavy atom. The first kappa shape index (κ1) is 18.7. The van der Waals surface area contributed by atoms with Gasteiger partial charge in [-0.3, -0.25) is 14.9 Å². The number of hydrogen-bond acceptors (Lipinski definition) is 8. The summed E-state index contributed by atoms with van der Waals surface area (Å²) in [6.07, 6.45) is 5.83. The molecule has 4 aromatic rings. The molecule has 152 valence electrons. The van der Waals surface area contributed by atoms with Crippen molar-refractivity contribution in [3.8, 4) is 11.5 Å². The van der Waals surface area contributed by atoms with Gasteiger partial charge in [0, 0.05) is 30.7 Å². The predicted octanol–water partition coefficient (Wildman–Crippen LogP) is 4.41. The van der Waals surface area contributed by atoms with Gasteiger partial charge in [0.2, 0.25) is 5.71 Å². The Hall–Kier alpha value is -3.30. The molecule has 9 heteroatoms. The minimum Gasteiger partial charge on any atom is -0.463 e. The van der Waals surface area contributed by atoms with E-state index in [9.17, 15) is 9.59 Å². The zero-order valence-electron chi connectivity index (χ0n) is 15.8. The van der Waals surface area contributed by atoms with Crippen LogP contribution in [-0.2, 0) is 4.74 Å². The molecule has 5 rings (SSSR count). The fourth-order valence-corrected chi connectivity index (χ4v) is 4.40. The monoisotopic (exact) mass is 423 g/mol. The number of fused-ring (bicyclic) bond motifs is 1. The van der Waals surface area contributed by atoms with Crippen LogP contribution >= 0.6 is 11.3 Å². The van der Waals surface area contributed by atoms with Crippen LogP contribution in [0.4, 0.5) is 5.13 Å². The number of carbonyl (C=O) groups is 2. The largest absolute Gasteiger partial charge is 0.463 e. The van der Waals surface area contributed by atoms with Gasteiger partial charge in [-0.1, -0.05) is 11.3 Å². The molecule has 0 atom stereocenters. The first-order valence-electron chi connectivity index (χ1n) is 9.50. The number of anilines is 1. The highest BCUT2D eigenvalue weighted by Gasteiger charge is 2.29. The number of thiazole rings is 1. The summed E-state index contributed by atoms with van der Waals surface area (Å²) in [7, 11) is 0. The molecule has 8 nitrogen and oxygen atoms in total. The second-order valence-electron chi connectivity index (χ2n) is 6.92. The van der Waals surface area contributed by atoms with Gasteiger partial charge >= 0.3 is 0 Å². The maximum Gasteiger partial charge on any atom is 0.259 e. The number of ether oxygens (including phenoxy) is 1. The number of Topliss-reactive ketones (excluding diaryl/α,β-unsaturated/α-hetero) is 1. The van der Waals surface area contributed by atoms with Crippen LogP contribution in [0.3, 0.4) is 0 Å². The van der Waals surface area contributed by atoms with Crippen molar-refractivity contribution in [2.45, 2.75) is 12.8 Å². The van der Waals surface area contributed by atoms with E-state index in [1.54, 1.807) is 24.3 Å². The highest BCUT2D eigenvalue weighted by molar-refractivity contribution is 7.18. The topological polar surface area (TPSA) is 107 Å². The number of carbonyl (C=O) groups excluding carboxylic acids is 2. The van der Waals surface area contributed by atoms with E-state index in [2.05, 4.69) is 15.3 Å². The number of hydrogen-bond donors (Lipinski definition) is 1. The van der Waals surface area contributed by atoms with Crippen LogP contribution < -0.4 is 5.32 Å². The average Bonchev–Trinajstić information content (AvgIpc) is 3.53. The smallest absolute Gasteiger partial charge is 0.259 e. The van der Waals surface area contributed by atoms with Gasteiger partial charge in [0.1, 0.15) is 10.6 Å². The van der Waals surface area contributed by atoms with Gasteiger partial charge in [0.05, 0.1) is 18.1 Å². The summed E-state index contributed by atoms with van der Waals surface area (Å²) in [6, 6.07) is 6.91. The molecule has 4 aromatic heterocycles. The van der Waals surface area contributed by atoms with Crippen molar-refractivity contribution in [1.29, 1.82) is 0 Å². The summed E-state index contributed by atoms with van der Waals surface area (Å²) in [5.74, 6) is 0.00685. The molecule has 1 aliphatic rings. The molecule has 5 heterocycles. The molecular formula is C21H17N3O5S. The first-order chi connectivity index (χ1) is 14.7. The van der Waals surface area contributed by atoms with Crippen LogP contribution in [0.5, 0.6) is 0 Å². The van der Waals surface area contributed by atoms with E-state index in [0.717, 1.165) is 16.7 Å². The number of nitrogens with one attached hydrogen (secondary N) is 1. The molecule has 0 bridgehead atoms. The lowest BCUT2D eigenvalue weighted by Gasteiger charge is -2.20. The number of rotatable bonds is 5. The first-order valence-corrected chi connectivity index (χ1v) is 10.3. The number of furan rings is 2. The van der Waals surface area contributed by atoms with Crippen molar-refractivity contribution in [2.75, 3.05) is 18.5 Å². The quantitative estimate of drug-likeness (QED) is 0.474. The number of pyridine rings is 1. The fraction of sp³-hybridized carbons (Fsp3) is 0.238. The predicted molar refractivity (Wildman–Crippen MR) is 110 cm³/mol. The average molecular weight is 423 g/mol. The maximum absolute atomic E-state index is 13.1. The van der Waals surface area contributed by atoms with Crippen LogP contribution in [0.1, 0.15) is 32.9 Å². The van der Waals surface area contributed by atoms with E-state index in [4.69, 9.17) is 13.6 Å². The Labute approximate surface area is 174 Å². The zero-order valence-corrected chi connectivity index (χ0v) is 16.6. The Balaban J connectivity index is 1.44. The van der Waals surface area contributed by atoms with Crippen molar-refractivity contribution in [3.05, 3.63) is 53.4 Å². The molecule has 1 aliphatic heterocycles. The number of amides is 1. The van der Waals surface area contributed by atoms with Gasteiger partial charge in [-0.15, -0.1) is 0 Å². The molecule has 0 unspecified atom stereocenters. The van der Waals surface area contributed by atoms with E-state index in [1.807, 2.05) is 0 Å². The van der Waals surface area contributed by atoms with Gasteiger partial charge in [0.25, 0.3) is 5.91 Å². The lowest BCUT2D eigenvalue weighted by molar-refractivity contribution is 0.0547. The fourth-order valence-electron chi connectivity index (χ4n) is 3.42. The SMILES string of the molecule is O=C(Nc1nc(-c2ccco2)c(C(=O)C2CCOCC2)s1)c1cnc2occc2c1. The van der Waals surface area contributed by atoms with E-state index in [-0.39, 0.29) is 17.6 Å². The molecule has 1 fully saturated rings. The Kier molecular flexibility index (Phi) is 4.89. The van der Waals surface area contributed by atoms with Gasteiger partial charge in [-0.2, -0.15) is 0 Å². The number of nitrogens with zero attached hydrogens (tertiary/aromatic N) is 2. The molecule has 0 spiro atoms. The van der Waals surface area contributed by atoms with Crippen molar-refractivity contribution >= 4 is 39.3 Å². The second kappa shape index (κ2) is 7.85. The van der Waals surface area contributed by atoms with Crippen molar-refractivity contribution in [3.63, 3.8) is 0 Å². The highest BCUT2D eigenvalue weighted by atomic mass is 32.1. The van der Waals surface area contributed by atoms with Crippen molar-refractivity contribution in [1.82, 2.24) is 9.97 Å². The van der Waals surface area contributed by atoms with Crippen LogP contribution in [0.25, 0.3) is 22.6 Å². The summed E-state index contributed by atoms with van der Waals surface area (Å²) < 4.78 is 16.0. The van der Waals surface area contributed by atoms with E-state index < -0.39 is 0 Å². The lowest BCUT2D eigenvalue weighted by Crippen LogP contribution is -2.23. The van der Waals surface area contributed by atoms with Gasteiger partial charge in [-0.25, -0.2) is 9.97 Å². The second-order valence-corrected chi connectivity index (χ2v) is 7.92. The Morgan fingerprint density at radius 3 is 2.80 bits per heavy atom. The minimum absolute atomic E-state index is 0.00387. The molecule has 0 radical (unpaired) electrons. The van der Waals surface area contributed by atoms with E-state index in [1.165, 1.54) is 18.7 Å². The lowest BCUT2D eigenvalue weighted by atomic mass is 9.94. The molecule has 1 saturated heterocycles.